The van der Waals surface area contributed by atoms with Crippen LogP contribution in [0.1, 0.15) is 13.3 Å². The van der Waals surface area contributed by atoms with E-state index in [9.17, 15) is 26.8 Å². The maximum atomic E-state index is 13.5. The number of likely N-dealkylation sites (N-methyl/N-ethyl adjacent to an activating group) is 1. The van der Waals surface area contributed by atoms with Crippen molar-refractivity contribution >= 4 is 21.7 Å². The number of benzene rings is 1. The fourth-order valence-electron chi connectivity index (χ4n) is 2.55. The number of rotatable bonds is 7. The van der Waals surface area contributed by atoms with Gasteiger partial charge in [0.05, 0.1) is 18.1 Å². The lowest BCUT2D eigenvalue weighted by Gasteiger charge is -2.21. The first kappa shape index (κ1) is 20.1. The van der Waals surface area contributed by atoms with E-state index in [1.165, 1.54) is 4.90 Å². The summed E-state index contributed by atoms with van der Waals surface area (Å²) in [4.78, 5) is 25.3. The van der Waals surface area contributed by atoms with Crippen molar-refractivity contribution in [3.8, 4) is 5.75 Å². The molecule has 10 heteroatoms. The molecule has 1 N–H and O–H groups in total. The summed E-state index contributed by atoms with van der Waals surface area (Å²) in [6.45, 7) is 1.09. The molecular formula is C16H20F2N2O5S. The number of nitrogens with zero attached hydrogens (tertiary/aromatic N) is 1. The summed E-state index contributed by atoms with van der Waals surface area (Å²) >= 11 is 0. The first-order valence-corrected chi connectivity index (χ1v) is 9.87. The topological polar surface area (TPSA) is 92.8 Å². The fourth-order valence-corrected chi connectivity index (χ4v) is 4.23. The molecule has 1 aromatic carbocycles. The van der Waals surface area contributed by atoms with Gasteiger partial charge in [-0.2, -0.15) is 0 Å². The van der Waals surface area contributed by atoms with Gasteiger partial charge >= 0.3 is 0 Å². The quantitative estimate of drug-likeness (QED) is 0.732. The Labute approximate surface area is 150 Å². The van der Waals surface area contributed by atoms with Crippen LogP contribution in [0.2, 0.25) is 0 Å². The summed E-state index contributed by atoms with van der Waals surface area (Å²) in [7, 11) is -3.12. The van der Waals surface area contributed by atoms with Crippen molar-refractivity contribution in [3.05, 3.63) is 29.8 Å². The van der Waals surface area contributed by atoms with E-state index in [4.69, 9.17) is 4.74 Å². The Bertz CT molecular complexity index is 785. The average molecular weight is 390 g/mol. The molecule has 7 nitrogen and oxygen atoms in total. The van der Waals surface area contributed by atoms with Crippen LogP contribution in [0.15, 0.2) is 18.2 Å². The molecule has 1 fully saturated rings. The van der Waals surface area contributed by atoms with Crippen LogP contribution in [0, 0.1) is 11.6 Å². The summed E-state index contributed by atoms with van der Waals surface area (Å²) in [5.41, 5.74) is 0. The second-order valence-corrected chi connectivity index (χ2v) is 8.17. The Morgan fingerprint density at radius 2 is 2.08 bits per heavy atom. The molecule has 144 valence electrons. The van der Waals surface area contributed by atoms with Crippen LogP contribution in [-0.2, 0) is 19.4 Å². The molecule has 0 bridgehead atoms. The van der Waals surface area contributed by atoms with Crippen LogP contribution in [-0.4, -0.2) is 62.4 Å². The molecule has 1 aliphatic rings. The summed E-state index contributed by atoms with van der Waals surface area (Å²) in [5.74, 6) is -3.06. The van der Waals surface area contributed by atoms with E-state index >= 15 is 0 Å². The maximum Gasteiger partial charge on any atom is 0.260 e. The molecule has 1 atom stereocenters. The molecule has 0 radical (unpaired) electrons. The van der Waals surface area contributed by atoms with Gasteiger partial charge in [-0.1, -0.05) is 0 Å². The summed E-state index contributed by atoms with van der Waals surface area (Å²) in [6, 6.07) is 2.26. The molecule has 1 aliphatic heterocycles. The number of nitrogens with one attached hydrogen (secondary N) is 1. The summed E-state index contributed by atoms with van der Waals surface area (Å²) < 4.78 is 54.1. The molecule has 26 heavy (non-hydrogen) atoms. The Hall–Kier alpha value is -2.23. The fraction of sp³-hybridized carbons (Fsp3) is 0.500. The predicted molar refractivity (Wildman–Crippen MR) is 89.3 cm³/mol. The van der Waals surface area contributed by atoms with Crippen LogP contribution in [0.25, 0.3) is 0 Å². The molecule has 1 aromatic rings. The number of halogens is 2. The van der Waals surface area contributed by atoms with E-state index in [0.29, 0.717) is 12.5 Å². The highest BCUT2D eigenvalue weighted by Crippen LogP contribution is 2.17. The summed E-state index contributed by atoms with van der Waals surface area (Å²) in [5, 5.41) is 2.59. The van der Waals surface area contributed by atoms with Crippen molar-refractivity contribution in [1.29, 1.82) is 0 Å². The normalized spacial score (nSPS) is 18.3. The number of amides is 2. The number of ether oxygens (including phenoxy) is 1. The van der Waals surface area contributed by atoms with Gasteiger partial charge in [0.25, 0.3) is 5.91 Å². The Morgan fingerprint density at radius 1 is 1.35 bits per heavy atom. The van der Waals surface area contributed by atoms with Crippen molar-refractivity contribution in [2.45, 2.75) is 19.4 Å². The predicted octanol–water partition coefficient (Wildman–Crippen LogP) is 0.495. The van der Waals surface area contributed by atoms with Gasteiger partial charge in [-0.15, -0.1) is 0 Å². The second kappa shape index (κ2) is 8.43. The third-order valence-corrected chi connectivity index (χ3v) is 5.68. The molecule has 1 heterocycles. The number of carbonyl (C=O) groups excluding carboxylic acids is 2. The lowest BCUT2D eigenvalue weighted by molar-refractivity contribution is -0.137. The zero-order chi connectivity index (χ0) is 19.3. The highest BCUT2D eigenvalue weighted by molar-refractivity contribution is 7.91. The molecule has 1 saturated heterocycles. The van der Waals surface area contributed by atoms with Gasteiger partial charge in [0.1, 0.15) is 5.82 Å². The number of hydrogen-bond donors (Lipinski definition) is 1. The second-order valence-electron chi connectivity index (χ2n) is 5.94. The van der Waals surface area contributed by atoms with E-state index in [0.717, 1.165) is 12.1 Å². The molecule has 0 aromatic heterocycles. The molecule has 0 aliphatic carbocycles. The van der Waals surface area contributed by atoms with Gasteiger partial charge in [-0.25, -0.2) is 17.2 Å². The lowest BCUT2D eigenvalue weighted by atomic mass is 10.2. The highest BCUT2D eigenvalue weighted by Gasteiger charge is 2.29. The first-order valence-electron chi connectivity index (χ1n) is 8.05. The molecule has 2 amide bonds. The monoisotopic (exact) mass is 390 g/mol. The van der Waals surface area contributed by atoms with Gasteiger partial charge in [0.15, 0.2) is 28.0 Å². The minimum Gasteiger partial charge on any atom is -0.481 e. The Morgan fingerprint density at radius 3 is 2.65 bits per heavy atom. The van der Waals surface area contributed by atoms with Crippen LogP contribution < -0.4 is 10.1 Å². The van der Waals surface area contributed by atoms with Gasteiger partial charge < -0.3 is 15.0 Å². The molecule has 0 spiro atoms. The number of sulfone groups is 1. The van der Waals surface area contributed by atoms with E-state index in [1.807, 2.05) is 0 Å². The van der Waals surface area contributed by atoms with E-state index in [-0.39, 0.29) is 30.3 Å². The molecule has 0 unspecified atom stereocenters. The third-order valence-electron chi connectivity index (χ3n) is 3.91. The molecule has 2 rings (SSSR count). The van der Waals surface area contributed by atoms with Crippen molar-refractivity contribution in [3.63, 3.8) is 0 Å². The van der Waals surface area contributed by atoms with Crippen LogP contribution >= 0.6 is 0 Å². The van der Waals surface area contributed by atoms with Crippen molar-refractivity contribution in [1.82, 2.24) is 10.2 Å². The van der Waals surface area contributed by atoms with Crippen LogP contribution in [0.5, 0.6) is 5.75 Å². The van der Waals surface area contributed by atoms with Crippen molar-refractivity contribution in [2.75, 3.05) is 31.2 Å². The number of hydrogen-bond acceptors (Lipinski definition) is 5. The largest absolute Gasteiger partial charge is 0.481 e. The van der Waals surface area contributed by atoms with Crippen molar-refractivity contribution < 1.29 is 31.5 Å². The van der Waals surface area contributed by atoms with Crippen LogP contribution in [0.3, 0.4) is 0 Å². The van der Waals surface area contributed by atoms with Gasteiger partial charge in [-0.3, -0.25) is 9.59 Å². The van der Waals surface area contributed by atoms with E-state index < -0.39 is 45.9 Å². The minimum absolute atomic E-state index is 0.0332. The van der Waals surface area contributed by atoms with E-state index in [1.54, 1.807) is 6.92 Å². The van der Waals surface area contributed by atoms with Gasteiger partial charge in [0, 0.05) is 18.7 Å². The zero-order valence-corrected chi connectivity index (χ0v) is 15.0. The lowest BCUT2D eigenvalue weighted by Crippen LogP contribution is -2.45. The number of carbonyl (C=O) groups is 2. The van der Waals surface area contributed by atoms with Crippen molar-refractivity contribution in [2.24, 2.45) is 0 Å². The zero-order valence-electron chi connectivity index (χ0n) is 14.2. The SMILES string of the molecule is CCN(CC(=O)N[C@H]1CCS(=O)(=O)C1)C(=O)COc1ccc(F)cc1F. The average Bonchev–Trinajstić information content (AvgIpc) is 2.90. The highest BCUT2D eigenvalue weighted by atomic mass is 32.2. The Kier molecular flexibility index (Phi) is 6.52. The first-order chi connectivity index (χ1) is 12.2. The standard InChI is InChI=1S/C16H20F2N2O5S/c1-2-20(8-15(21)19-12-5-6-26(23,24)10-12)16(22)9-25-14-4-3-11(17)7-13(14)18/h3-4,7,12H,2,5-6,8-10H2,1H3,(H,19,21)/t12-/m0/s1. The van der Waals surface area contributed by atoms with E-state index in [2.05, 4.69) is 5.32 Å². The van der Waals surface area contributed by atoms with Gasteiger partial charge in [0.2, 0.25) is 5.91 Å². The smallest absolute Gasteiger partial charge is 0.260 e. The Balaban J connectivity index is 1.84. The van der Waals surface area contributed by atoms with Crippen LogP contribution in [0.4, 0.5) is 8.78 Å². The minimum atomic E-state index is -3.12. The molecular weight excluding hydrogens is 370 g/mol. The maximum absolute atomic E-state index is 13.5. The molecule has 0 saturated carbocycles. The van der Waals surface area contributed by atoms with Gasteiger partial charge in [-0.05, 0) is 25.5 Å². The third kappa shape index (κ3) is 5.65. The summed E-state index contributed by atoms with van der Waals surface area (Å²) in [6.07, 6.45) is 0.348.